The van der Waals surface area contributed by atoms with E-state index >= 15 is 0 Å². The van der Waals surface area contributed by atoms with E-state index in [-0.39, 0.29) is 0 Å². The third-order valence-corrected chi connectivity index (χ3v) is 3.34. The van der Waals surface area contributed by atoms with Gasteiger partial charge in [0.15, 0.2) is 0 Å². The largest absolute Gasteiger partial charge is 0.480 e. The monoisotopic (exact) mass is 249 g/mol. The molecule has 1 atom stereocenters. The molecule has 1 aromatic carbocycles. The SMILES string of the molecule is CC1(C)OCCN(Cc2ccccc2)C1C(=O)O. The quantitative estimate of drug-likeness (QED) is 0.886. The van der Waals surface area contributed by atoms with Crippen molar-refractivity contribution in [2.45, 2.75) is 32.0 Å². The maximum Gasteiger partial charge on any atom is 0.323 e. The molecule has 1 aliphatic rings. The van der Waals surface area contributed by atoms with E-state index in [4.69, 9.17) is 4.74 Å². The molecule has 1 aromatic rings. The van der Waals surface area contributed by atoms with E-state index in [2.05, 4.69) is 0 Å². The summed E-state index contributed by atoms with van der Waals surface area (Å²) in [4.78, 5) is 13.4. The number of morpholine rings is 1. The average Bonchev–Trinajstić information content (AvgIpc) is 2.28. The molecule has 1 N–H and O–H groups in total. The highest BCUT2D eigenvalue weighted by molar-refractivity contribution is 5.75. The van der Waals surface area contributed by atoms with Crippen LogP contribution in [0, 0.1) is 0 Å². The van der Waals surface area contributed by atoms with Crippen molar-refractivity contribution < 1.29 is 14.6 Å². The Kier molecular flexibility index (Phi) is 3.68. The first-order valence-corrected chi connectivity index (χ1v) is 6.15. The average molecular weight is 249 g/mol. The van der Waals surface area contributed by atoms with E-state index in [0.717, 1.165) is 5.56 Å². The van der Waals surface area contributed by atoms with E-state index in [1.54, 1.807) is 0 Å². The Morgan fingerprint density at radius 2 is 2.11 bits per heavy atom. The summed E-state index contributed by atoms with van der Waals surface area (Å²) in [6.07, 6.45) is 0. The predicted octanol–water partition coefficient (Wildman–Crippen LogP) is 1.75. The van der Waals surface area contributed by atoms with Crippen molar-refractivity contribution in [3.8, 4) is 0 Å². The molecule has 0 aromatic heterocycles. The Labute approximate surface area is 107 Å². The van der Waals surface area contributed by atoms with Crippen LogP contribution < -0.4 is 0 Å². The van der Waals surface area contributed by atoms with Gasteiger partial charge in [-0.2, -0.15) is 0 Å². The molecule has 0 bridgehead atoms. The number of benzene rings is 1. The number of carboxylic acids is 1. The molecule has 1 fully saturated rings. The zero-order chi connectivity index (χ0) is 13.2. The van der Waals surface area contributed by atoms with Crippen LogP contribution in [0.15, 0.2) is 30.3 Å². The predicted molar refractivity (Wildman–Crippen MR) is 68.3 cm³/mol. The highest BCUT2D eigenvalue weighted by Gasteiger charge is 2.43. The summed E-state index contributed by atoms with van der Waals surface area (Å²) in [6.45, 7) is 5.54. The van der Waals surface area contributed by atoms with Crippen LogP contribution in [0.1, 0.15) is 19.4 Å². The fourth-order valence-electron chi connectivity index (χ4n) is 2.52. The molecule has 18 heavy (non-hydrogen) atoms. The minimum Gasteiger partial charge on any atom is -0.480 e. The van der Waals surface area contributed by atoms with E-state index < -0.39 is 17.6 Å². The Bertz CT molecular complexity index is 416. The van der Waals surface area contributed by atoms with E-state index in [9.17, 15) is 9.90 Å². The number of carbonyl (C=O) groups is 1. The van der Waals surface area contributed by atoms with Gasteiger partial charge in [0.2, 0.25) is 0 Å². The summed E-state index contributed by atoms with van der Waals surface area (Å²) in [5.74, 6) is -0.823. The van der Waals surface area contributed by atoms with Gasteiger partial charge >= 0.3 is 5.97 Å². The lowest BCUT2D eigenvalue weighted by Gasteiger charge is -2.43. The maximum absolute atomic E-state index is 11.4. The van der Waals surface area contributed by atoms with Gasteiger partial charge in [-0.25, -0.2) is 0 Å². The van der Waals surface area contributed by atoms with Crippen molar-refractivity contribution in [2.24, 2.45) is 0 Å². The summed E-state index contributed by atoms with van der Waals surface area (Å²) in [7, 11) is 0. The second kappa shape index (κ2) is 5.08. The Hall–Kier alpha value is -1.39. The molecule has 0 amide bonds. The highest BCUT2D eigenvalue weighted by Crippen LogP contribution is 2.26. The molecule has 1 aliphatic heterocycles. The number of nitrogens with zero attached hydrogens (tertiary/aromatic N) is 1. The fraction of sp³-hybridized carbons (Fsp3) is 0.500. The molecule has 4 heteroatoms. The zero-order valence-corrected chi connectivity index (χ0v) is 10.8. The Morgan fingerprint density at radius 3 is 2.72 bits per heavy atom. The first-order chi connectivity index (χ1) is 8.50. The zero-order valence-electron chi connectivity index (χ0n) is 10.8. The molecular formula is C14H19NO3. The van der Waals surface area contributed by atoms with Crippen molar-refractivity contribution >= 4 is 5.97 Å². The second-order valence-corrected chi connectivity index (χ2v) is 5.15. The lowest BCUT2D eigenvalue weighted by atomic mass is 9.94. The van der Waals surface area contributed by atoms with Crippen LogP contribution in [0.25, 0.3) is 0 Å². The molecule has 4 nitrogen and oxygen atoms in total. The summed E-state index contributed by atoms with van der Waals surface area (Å²) in [5, 5.41) is 9.40. The normalized spacial score (nSPS) is 23.8. The Morgan fingerprint density at radius 1 is 1.44 bits per heavy atom. The summed E-state index contributed by atoms with van der Waals surface area (Å²) in [6, 6.07) is 9.32. The van der Waals surface area contributed by atoms with Gasteiger partial charge in [0, 0.05) is 13.1 Å². The molecule has 0 aliphatic carbocycles. The molecule has 2 rings (SSSR count). The van der Waals surface area contributed by atoms with Gasteiger partial charge in [0.25, 0.3) is 0 Å². The van der Waals surface area contributed by atoms with Gasteiger partial charge in [0.1, 0.15) is 6.04 Å². The summed E-state index contributed by atoms with van der Waals surface area (Å²) < 4.78 is 5.58. The summed E-state index contributed by atoms with van der Waals surface area (Å²) >= 11 is 0. The molecule has 1 unspecified atom stereocenters. The molecule has 1 saturated heterocycles. The smallest absolute Gasteiger partial charge is 0.323 e. The molecule has 0 spiro atoms. The van der Waals surface area contributed by atoms with Crippen molar-refractivity contribution in [1.82, 2.24) is 4.90 Å². The molecule has 1 heterocycles. The second-order valence-electron chi connectivity index (χ2n) is 5.15. The number of ether oxygens (including phenoxy) is 1. The minimum absolute atomic E-state index is 0.573. The van der Waals surface area contributed by atoms with E-state index in [1.165, 1.54) is 0 Å². The third kappa shape index (κ3) is 2.71. The lowest BCUT2D eigenvalue weighted by molar-refractivity contribution is -0.172. The van der Waals surface area contributed by atoms with Crippen molar-refractivity contribution in [3.05, 3.63) is 35.9 Å². The fourth-order valence-corrected chi connectivity index (χ4v) is 2.52. The van der Waals surface area contributed by atoms with E-state index in [0.29, 0.717) is 19.7 Å². The highest BCUT2D eigenvalue weighted by atomic mass is 16.5. The van der Waals surface area contributed by atoms with Crippen LogP contribution in [0.5, 0.6) is 0 Å². The summed E-state index contributed by atoms with van der Waals surface area (Å²) in [5.41, 5.74) is 0.472. The van der Waals surface area contributed by atoms with Crippen LogP contribution in [-0.4, -0.2) is 40.8 Å². The lowest BCUT2D eigenvalue weighted by Crippen LogP contribution is -2.60. The molecule has 0 saturated carbocycles. The van der Waals surface area contributed by atoms with E-state index in [1.807, 2.05) is 49.1 Å². The van der Waals surface area contributed by atoms with Crippen molar-refractivity contribution in [3.63, 3.8) is 0 Å². The maximum atomic E-state index is 11.4. The van der Waals surface area contributed by atoms with Gasteiger partial charge in [-0.3, -0.25) is 9.69 Å². The third-order valence-electron chi connectivity index (χ3n) is 3.34. The minimum atomic E-state index is -0.823. The van der Waals surface area contributed by atoms with Crippen LogP contribution in [0.2, 0.25) is 0 Å². The Balaban J connectivity index is 2.17. The van der Waals surface area contributed by atoms with Gasteiger partial charge in [-0.1, -0.05) is 30.3 Å². The van der Waals surface area contributed by atoms with Crippen LogP contribution in [0.3, 0.4) is 0 Å². The van der Waals surface area contributed by atoms with Crippen molar-refractivity contribution in [1.29, 1.82) is 0 Å². The van der Waals surface area contributed by atoms with Gasteiger partial charge in [-0.15, -0.1) is 0 Å². The number of aliphatic carboxylic acids is 1. The number of rotatable bonds is 3. The van der Waals surface area contributed by atoms with Gasteiger partial charge in [-0.05, 0) is 19.4 Å². The van der Waals surface area contributed by atoms with Gasteiger partial charge in [0.05, 0.1) is 12.2 Å². The first-order valence-electron chi connectivity index (χ1n) is 6.15. The van der Waals surface area contributed by atoms with Gasteiger partial charge < -0.3 is 9.84 Å². The van der Waals surface area contributed by atoms with Crippen LogP contribution in [-0.2, 0) is 16.1 Å². The molecule has 98 valence electrons. The standard InChI is InChI=1S/C14H19NO3/c1-14(2)12(13(16)17)15(8-9-18-14)10-11-6-4-3-5-7-11/h3-7,12H,8-10H2,1-2H3,(H,16,17). The molecule has 0 radical (unpaired) electrons. The van der Waals surface area contributed by atoms with Crippen LogP contribution >= 0.6 is 0 Å². The number of hydrogen-bond acceptors (Lipinski definition) is 3. The van der Waals surface area contributed by atoms with Crippen LogP contribution in [0.4, 0.5) is 0 Å². The first kappa shape index (κ1) is 13.1. The molecular weight excluding hydrogens is 230 g/mol. The number of carboxylic acid groups (broad SMARTS) is 1. The van der Waals surface area contributed by atoms with Crippen molar-refractivity contribution in [2.75, 3.05) is 13.2 Å². The number of hydrogen-bond donors (Lipinski definition) is 1. The topological polar surface area (TPSA) is 49.8 Å².